The summed E-state index contributed by atoms with van der Waals surface area (Å²) in [7, 11) is -3.72. The van der Waals surface area contributed by atoms with Crippen LogP contribution in [0.5, 0.6) is 0 Å². The fraction of sp³-hybridized carbons (Fsp3) is 0.538. The zero-order chi connectivity index (χ0) is 14.1. The van der Waals surface area contributed by atoms with E-state index < -0.39 is 10.0 Å². The third-order valence-corrected chi connectivity index (χ3v) is 4.56. The van der Waals surface area contributed by atoms with E-state index in [4.69, 9.17) is 10.9 Å². The van der Waals surface area contributed by atoms with Crippen LogP contribution in [-0.4, -0.2) is 15.0 Å². The Bertz CT molecular complexity index is 565. The van der Waals surface area contributed by atoms with Crippen LogP contribution in [0.3, 0.4) is 0 Å². The van der Waals surface area contributed by atoms with Crippen LogP contribution in [0.15, 0.2) is 23.1 Å². The summed E-state index contributed by atoms with van der Waals surface area (Å²) in [5, 5.41) is 8.41. The lowest BCUT2D eigenvalue weighted by molar-refractivity contribution is 0.485. The summed E-state index contributed by atoms with van der Waals surface area (Å²) in [6.07, 6.45) is 4.84. The van der Waals surface area contributed by atoms with Gasteiger partial charge in [0.2, 0.25) is 10.0 Å². The minimum Gasteiger partial charge on any atom is -0.399 e. The molecule has 1 aliphatic carbocycles. The number of rotatable bonds is 6. The minimum atomic E-state index is -3.72. The molecule has 5 nitrogen and oxygen atoms in total. The number of nitrogen functional groups attached to an aromatic ring is 1. The maximum Gasteiger partial charge on any atom is 0.238 e. The molecule has 106 valence electrons. The summed E-state index contributed by atoms with van der Waals surface area (Å²) in [5.41, 5.74) is 7.21. The Morgan fingerprint density at radius 1 is 1.32 bits per heavy atom. The number of hydrogen-bond acceptors (Lipinski definition) is 4. The highest BCUT2D eigenvalue weighted by Gasteiger charge is 2.41. The van der Waals surface area contributed by atoms with Gasteiger partial charge in [0, 0.05) is 17.9 Å². The Balaban J connectivity index is 2.11. The molecule has 0 amide bonds. The largest absolute Gasteiger partial charge is 0.399 e. The van der Waals surface area contributed by atoms with Crippen LogP contribution in [0, 0.1) is 5.41 Å². The summed E-state index contributed by atoms with van der Waals surface area (Å²) >= 11 is 0. The molecular formula is C13H21N3O2S. The minimum absolute atomic E-state index is 0.0512. The van der Waals surface area contributed by atoms with Crippen molar-refractivity contribution >= 4 is 21.4 Å². The predicted octanol–water partition coefficient (Wildman–Crippen LogP) is 1.91. The summed E-state index contributed by atoms with van der Waals surface area (Å²) in [5.74, 6) is 0. The van der Waals surface area contributed by atoms with Gasteiger partial charge in [0.05, 0.1) is 4.90 Å². The zero-order valence-electron chi connectivity index (χ0n) is 11.1. The first-order valence-electron chi connectivity index (χ1n) is 6.52. The van der Waals surface area contributed by atoms with Crippen LogP contribution >= 0.6 is 0 Å². The molecule has 1 aromatic rings. The predicted molar refractivity (Wildman–Crippen MR) is 77.3 cm³/mol. The number of benzene rings is 1. The molecule has 1 fully saturated rings. The SMILES string of the molecule is CCCC1(CNc2cc(N)cc(S(N)(=O)=O)c2)CC1. The molecule has 0 saturated heterocycles. The number of nitrogens with two attached hydrogens (primary N) is 2. The van der Waals surface area contributed by atoms with Crippen molar-refractivity contribution in [1.82, 2.24) is 0 Å². The smallest absolute Gasteiger partial charge is 0.238 e. The van der Waals surface area contributed by atoms with Crippen LogP contribution in [0.2, 0.25) is 0 Å². The molecule has 0 spiro atoms. The summed E-state index contributed by atoms with van der Waals surface area (Å²) in [6.45, 7) is 3.04. The number of hydrogen-bond donors (Lipinski definition) is 3. The Hall–Kier alpha value is -1.27. The first kappa shape index (κ1) is 14.1. The summed E-state index contributed by atoms with van der Waals surface area (Å²) in [6, 6.07) is 4.64. The van der Waals surface area contributed by atoms with Gasteiger partial charge in [-0.1, -0.05) is 13.3 Å². The average Bonchev–Trinajstić information content (AvgIpc) is 3.06. The summed E-state index contributed by atoms with van der Waals surface area (Å²) < 4.78 is 22.7. The molecule has 0 bridgehead atoms. The molecule has 19 heavy (non-hydrogen) atoms. The average molecular weight is 283 g/mol. The first-order valence-corrected chi connectivity index (χ1v) is 8.07. The highest BCUT2D eigenvalue weighted by atomic mass is 32.2. The topological polar surface area (TPSA) is 98.2 Å². The van der Waals surface area contributed by atoms with E-state index >= 15 is 0 Å². The van der Waals surface area contributed by atoms with Gasteiger partial charge < -0.3 is 11.1 Å². The van der Waals surface area contributed by atoms with Gasteiger partial charge in [-0.25, -0.2) is 13.6 Å². The van der Waals surface area contributed by atoms with Crippen molar-refractivity contribution < 1.29 is 8.42 Å². The lowest BCUT2D eigenvalue weighted by atomic mass is 10.0. The van der Waals surface area contributed by atoms with Crippen molar-refractivity contribution in [2.24, 2.45) is 10.6 Å². The molecule has 1 aromatic carbocycles. The number of primary sulfonamides is 1. The van der Waals surface area contributed by atoms with Crippen LogP contribution in [-0.2, 0) is 10.0 Å². The van der Waals surface area contributed by atoms with Crippen molar-refractivity contribution in [3.63, 3.8) is 0 Å². The Morgan fingerprint density at radius 3 is 2.53 bits per heavy atom. The number of sulfonamides is 1. The van der Waals surface area contributed by atoms with Gasteiger partial charge in [0.1, 0.15) is 0 Å². The maximum atomic E-state index is 11.3. The Morgan fingerprint density at radius 2 is 2.00 bits per heavy atom. The van der Waals surface area contributed by atoms with E-state index in [1.54, 1.807) is 6.07 Å². The van der Waals surface area contributed by atoms with E-state index in [1.165, 1.54) is 37.8 Å². The molecule has 0 aliphatic heterocycles. The number of nitrogens with one attached hydrogen (secondary N) is 1. The quantitative estimate of drug-likeness (QED) is 0.694. The monoisotopic (exact) mass is 283 g/mol. The van der Waals surface area contributed by atoms with Crippen molar-refractivity contribution in [1.29, 1.82) is 0 Å². The van der Waals surface area contributed by atoms with Gasteiger partial charge in [0.15, 0.2) is 0 Å². The normalized spacial score (nSPS) is 17.2. The van der Waals surface area contributed by atoms with Crippen molar-refractivity contribution in [3.05, 3.63) is 18.2 Å². The molecule has 0 unspecified atom stereocenters. The van der Waals surface area contributed by atoms with E-state index in [2.05, 4.69) is 12.2 Å². The highest BCUT2D eigenvalue weighted by Crippen LogP contribution is 2.49. The molecule has 0 heterocycles. The van der Waals surface area contributed by atoms with Gasteiger partial charge in [0.25, 0.3) is 0 Å². The van der Waals surface area contributed by atoms with E-state index in [-0.39, 0.29) is 4.90 Å². The molecule has 6 heteroatoms. The van der Waals surface area contributed by atoms with E-state index in [0.717, 1.165) is 6.54 Å². The first-order chi connectivity index (χ1) is 8.85. The van der Waals surface area contributed by atoms with E-state index in [9.17, 15) is 8.42 Å². The fourth-order valence-electron chi connectivity index (χ4n) is 2.40. The lowest BCUT2D eigenvalue weighted by Gasteiger charge is -2.16. The second kappa shape index (κ2) is 5.02. The lowest BCUT2D eigenvalue weighted by Crippen LogP contribution is -2.17. The van der Waals surface area contributed by atoms with Gasteiger partial charge >= 0.3 is 0 Å². The van der Waals surface area contributed by atoms with Crippen molar-refractivity contribution in [2.75, 3.05) is 17.6 Å². The molecule has 1 saturated carbocycles. The maximum absolute atomic E-state index is 11.3. The highest BCUT2D eigenvalue weighted by molar-refractivity contribution is 7.89. The number of anilines is 2. The third-order valence-electron chi connectivity index (χ3n) is 3.66. The zero-order valence-corrected chi connectivity index (χ0v) is 12.0. The molecule has 2 rings (SSSR count). The Labute approximate surface area is 114 Å². The van der Waals surface area contributed by atoms with Crippen molar-refractivity contribution in [3.8, 4) is 0 Å². The standard InChI is InChI=1S/C13H21N3O2S/c1-2-3-13(4-5-13)9-16-11-6-10(14)7-12(8-11)19(15,17)18/h6-8,16H,2-5,9,14H2,1H3,(H2,15,17,18). The summed E-state index contributed by atoms with van der Waals surface area (Å²) in [4.78, 5) is 0.0512. The van der Waals surface area contributed by atoms with Crippen LogP contribution in [0.4, 0.5) is 11.4 Å². The second-order valence-electron chi connectivity index (χ2n) is 5.44. The van der Waals surface area contributed by atoms with E-state index in [1.807, 2.05) is 0 Å². The molecule has 0 radical (unpaired) electrons. The van der Waals surface area contributed by atoms with E-state index in [0.29, 0.717) is 16.8 Å². The van der Waals surface area contributed by atoms with Gasteiger partial charge in [-0.05, 0) is 42.9 Å². The molecule has 0 atom stereocenters. The van der Waals surface area contributed by atoms with Gasteiger partial charge in [-0.15, -0.1) is 0 Å². The second-order valence-corrected chi connectivity index (χ2v) is 7.00. The fourth-order valence-corrected chi connectivity index (χ4v) is 2.99. The molecule has 5 N–H and O–H groups in total. The van der Waals surface area contributed by atoms with Crippen molar-refractivity contribution in [2.45, 2.75) is 37.5 Å². The van der Waals surface area contributed by atoms with Gasteiger partial charge in [-0.3, -0.25) is 0 Å². The third kappa shape index (κ3) is 3.61. The Kier molecular flexibility index (Phi) is 3.73. The molecule has 0 aromatic heterocycles. The van der Waals surface area contributed by atoms with Crippen LogP contribution in [0.1, 0.15) is 32.6 Å². The molecular weight excluding hydrogens is 262 g/mol. The van der Waals surface area contributed by atoms with Crippen LogP contribution in [0.25, 0.3) is 0 Å². The molecule has 1 aliphatic rings. The van der Waals surface area contributed by atoms with Crippen LogP contribution < -0.4 is 16.2 Å². The van der Waals surface area contributed by atoms with Gasteiger partial charge in [-0.2, -0.15) is 0 Å².